The number of amides is 1. The number of fused-ring (bicyclic) bond motifs is 1. The van der Waals surface area contributed by atoms with Crippen LogP contribution in [-0.2, 0) is 0 Å². The van der Waals surface area contributed by atoms with Crippen molar-refractivity contribution in [3.63, 3.8) is 0 Å². The fourth-order valence-corrected chi connectivity index (χ4v) is 3.92. The summed E-state index contributed by atoms with van der Waals surface area (Å²) in [6, 6.07) is 9.94. The van der Waals surface area contributed by atoms with E-state index in [0.29, 0.717) is 17.3 Å². The third-order valence-corrected chi connectivity index (χ3v) is 5.16. The lowest BCUT2D eigenvalue weighted by molar-refractivity contribution is 0.102. The Morgan fingerprint density at radius 2 is 1.92 bits per heavy atom. The number of hydrogen-bond acceptors (Lipinski definition) is 2. The summed E-state index contributed by atoms with van der Waals surface area (Å²) in [6.07, 6.45) is 6.45. The molecular formula is C19H17BrFN3O. The van der Waals surface area contributed by atoms with Crippen LogP contribution in [0, 0.1) is 5.82 Å². The van der Waals surface area contributed by atoms with Gasteiger partial charge in [0, 0.05) is 15.5 Å². The highest BCUT2D eigenvalue weighted by atomic mass is 79.9. The van der Waals surface area contributed by atoms with E-state index in [1.165, 1.54) is 25.0 Å². The Morgan fingerprint density at radius 1 is 1.20 bits per heavy atom. The minimum absolute atomic E-state index is 0.233. The molecule has 1 aromatic heterocycles. The predicted molar refractivity (Wildman–Crippen MR) is 99.3 cm³/mol. The molecule has 1 fully saturated rings. The Kier molecular flexibility index (Phi) is 4.29. The van der Waals surface area contributed by atoms with E-state index in [1.54, 1.807) is 24.4 Å². The molecule has 0 bridgehead atoms. The maximum Gasteiger partial charge on any atom is 0.256 e. The summed E-state index contributed by atoms with van der Waals surface area (Å²) in [6.45, 7) is 0. The number of halogens is 2. The molecule has 3 aromatic rings. The molecular weight excluding hydrogens is 385 g/mol. The van der Waals surface area contributed by atoms with Crippen LogP contribution in [0.25, 0.3) is 10.9 Å². The monoisotopic (exact) mass is 401 g/mol. The van der Waals surface area contributed by atoms with E-state index in [4.69, 9.17) is 0 Å². The Labute approximate surface area is 153 Å². The quantitative estimate of drug-likeness (QED) is 0.646. The lowest BCUT2D eigenvalue weighted by Gasteiger charge is -2.12. The van der Waals surface area contributed by atoms with E-state index in [9.17, 15) is 9.18 Å². The van der Waals surface area contributed by atoms with Crippen molar-refractivity contribution in [2.75, 3.05) is 5.32 Å². The van der Waals surface area contributed by atoms with E-state index in [-0.39, 0.29) is 11.7 Å². The number of nitrogens with one attached hydrogen (secondary N) is 1. The number of benzene rings is 2. The van der Waals surface area contributed by atoms with Crippen molar-refractivity contribution < 1.29 is 9.18 Å². The second-order valence-corrected chi connectivity index (χ2v) is 7.29. The summed E-state index contributed by atoms with van der Waals surface area (Å²) in [7, 11) is 0. The van der Waals surface area contributed by atoms with Crippen LogP contribution in [0.1, 0.15) is 42.1 Å². The second-order valence-electron chi connectivity index (χ2n) is 6.37. The molecule has 4 rings (SSSR count). The van der Waals surface area contributed by atoms with Crippen LogP contribution in [0.2, 0.25) is 0 Å². The molecule has 1 aliphatic rings. The molecule has 0 spiro atoms. The van der Waals surface area contributed by atoms with Gasteiger partial charge in [-0.25, -0.2) is 4.39 Å². The molecule has 0 radical (unpaired) electrons. The molecule has 1 saturated carbocycles. The summed E-state index contributed by atoms with van der Waals surface area (Å²) >= 11 is 3.50. The van der Waals surface area contributed by atoms with E-state index in [2.05, 4.69) is 26.3 Å². The zero-order valence-electron chi connectivity index (χ0n) is 13.5. The molecule has 0 saturated heterocycles. The van der Waals surface area contributed by atoms with Gasteiger partial charge < -0.3 is 5.32 Å². The van der Waals surface area contributed by atoms with Crippen LogP contribution < -0.4 is 5.32 Å². The van der Waals surface area contributed by atoms with Crippen LogP contribution in [0.4, 0.5) is 10.1 Å². The SMILES string of the molecule is O=C(Nc1ccc(F)cc1)c1cc(Br)cc2c1cnn2C1CCCC1. The van der Waals surface area contributed by atoms with E-state index in [1.807, 2.05) is 10.7 Å². The van der Waals surface area contributed by atoms with Crippen molar-refractivity contribution in [1.82, 2.24) is 9.78 Å². The second kappa shape index (κ2) is 6.59. The molecule has 4 nitrogen and oxygen atoms in total. The van der Waals surface area contributed by atoms with E-state index < -0.39 is 0 Å². The highest BCUT2D eigenvalue weighted by Crippen LogP contribution is 2.33. The van der Waals surface area contributed by atoms with Gasteiger partial charge in [-0.2, -0.15) is 5.10 Å². The summed E-state index contributed by atoms with van der Waals surface area (Å²) in [5.41, 5.74) is 2.08. The molecule has 0 unspecified atom stereocenters. The zero-order valence-corrected chi connectivity index (χ0v) is 15.1. The summed E-state index contributed by atoms with van der Waals surface area (Å²) in [5.74, 6) is -0.565. The van der Waals surface area contributed by atoms with Gasteiger partial charge in [-0.3, -0.25) is 9.48 Å². The Balaban J connectivity index is 1.71. The minimum Gasteiger partial charge on any atom is -0.322 e. The Bertz CT molecular complexity index is 930. The molecule has 1 N–H and O–H groups in total. The number of aromatic nitrogens is 2. The molecule has 0 atom stereocenters. The maximum absolute atomic E-state index is 13.0. The largest absolute Gasteiger partial charge is 0.322 e. The molecule has 6 heteroatoms. The first-order valence-electron chi connectivity index (χ1n) is 8.35. The van der Waals surface area contributed by atoms with Gasteiger partial charge in [-0.05, 0) is 49.2 Å². The molecule has 1 heterocycles. The van der Waals surface area contributed by atoms with Gasteiger partial charge in [-0.1, -0.05) is 28.8 Å². The third-order valence-electron chi connectivity index (χ3n) is 4.70. The average Bonchev–Trinajstić information content (AvgIpc) is 3.25. The smallest absolute Gasteiger partial charge is 0.256 e. The van der Waals surface area contributed by atoms with Gasteiger partial charge in [0.1, 0.15) is 5.82 Å². The van der Waals surface area contributed by atoms with Gasteiger partial charge in [0.15, 0.2) is 0 Å². The van der Waals surface area contributed by atoms with Crippen molar-refractivity contribution in [3.8, 4) is 0 Å². The normalized spacial score (nSPS) is 15.0. The number of anilines is 1. The number of hydrogen-bond donors (Lipinski definition) is 1. The van der Waals surface area contributed by atoms with Crippen molar-refractivity contribution >= 4 is 38.4 Å². The number of rotatable bonds is 3. The Hall–Kier alpha value is -2.21. The molecule has 1 aliphatic carbocycles. The van der Waals surface area contributed by atoms with Crippen LogP contribution in [-0.4, -0.2) is 15.7 Å². The maximum atomic E-state index is 13.0. The first-order chi connectivity index (χ1) is 12.1. The predicted octanol–water partition coefficient (Wildman–Crippen LogP) is 5.31. The molecule has 1 amide bonds. The standard InChI is InChI=1S/C19H17BrFN3O/c20-12-9-16(19(25)23-14-7-5-13(21)6-8-14)17-11-22-24(18(17)10-12)15-3-1-2-4-15/h5-11,15H,1-4H2,(H,23,25). The summed E-state index contributed by atoms with van der Waals surface area (Å²) in [5, 5.41) is 8.19. The van der Waals surface area contributed by atoms with Crippen molar-refractivity contribution in [1.29, 1.82) is 0 Å². The van der Waals surface area contributed by atoms with E-state index >= 15 is 0 Å². The fraction of sp³-hybridized carbons (Fsp3) is 0.263. The van der Waals surface area contributed by atoms with Crippen LogP contribution >= 0.6 is 15.9 Å². The fourth-order valence-electron chi connectivity index (χ4n) is 3.47. The van der Waals surface area contributed by atoms with Crippen LogP contribution in [0.3, 0.4) is 0 Å². The van der Waals surface area contributed by atoms with Gasteiger partial charge in [-0.15, -0.1) is 0 Å². The topological polar surface area (TPSA) is 46.9 Å². The van der Waals surface area contributed by atoms with Crippen molar-refractivity contribution in [2.45, 2.75) is 31.7 Å². The van der Waals surface area contributed by atoms with Gasteiger partial charge >= 0.3 is 0 Å². The Morgan fingerprint density at radius 3 is 2.64 bits per heavy atom. The summed E-state index contributed by atoms with van der Waals surface area (Å²) < 4.78 is 15.9. The minimum atomic E-state index is -0.333. The molecule has 0 aliphatic heterocycles. The first-order valence-corrected chi connectivity index (χ1v) is 9.15. The third kappa shape index (κ3) is 3.18. The van der Waals surface area contributed by atoms with Crippen molar-refractivity contribution in [2.24, 2.45) is 0 Å². The highest BCUT2D eigenvalue weighted by Gasteiger charge is 2.22. The lowest BCUT2D eigenvalue weighted by Crippen LogP contribution is -2.12. The molecule has 128 valence electrons. The number of carbonyl (C=O) groups excluding carboxylic acids is 1. The number of carbonyl (C=O) groups is 1. The first kappa shape index (κ1) is 16.3. The zero-order chi connectivity index (χ0) is 17.4. The molecule has 25 heavy (non-hydrogen) atoms. The van der Waals surface area contributed by atoms with Gasteiger partial charge in [0.2, 0.25) is 0 Å². The van der Waals surface area contributed by atoms with Crippen LogP contribution in [0.15, 0.2) is 47.1 Å². The average molecular weight is 402 g/mol. The van der Waals surface area contributed by atoms with Gasteiger partial charge in [0.05, 0.1) is 23.3 Å². The van der Waals surface area contributed by atoms with Gasteiger partial charge in [0.25, 0.3) is 5.91 Å². The lowest BCUT2D eigenvalue weighted by atomic mass is 10.1. The highest BCUT2D eigenvalue weighted by molar-refractivity contribution is 9.10. The number of nitrogens with zero attached hydrogens (tertiary/aromatic N) is 2. The van der Waals surface area contributed by atoms with Crippen molar-refractivity contribution in [3.05, 3.63) is 58.4 Å². The van der Waals surface area contributed by atoms with Crippen LogP contribution in [0.5, 0.6) is 0 Å². The van der Waals surface area contributed by atoms with E-state index in [0.717, 1.165) is 28.2 Å². The molecule has 2 aromatic carbocycles. The summed E-state index contributed by atoms with van der Waals surface area (Å²) in [4.78, 5) is 12.7.